The van der Waals surface area contributed by atoms with Gasteiger partial charge in [0.05, 0.1) is 32.3 Å². The second kappa shape index (κ2) is 10.6. The number of likely N-dealkylation sites (tertiary alicyclic amines) is 1. The number of methoxy groups -OCH3 is 1. The summed E-state index contributed by atoms with van der Waals surface area (Å²) in [6, 6.07) is 17.9. The molecule has 170 valence electrons. The van der Waals surface area contributed by atoms with Crippen molar-refractivity contribution in [3.05, 3.63) is 65.7 Å². The van der Waals surface area contributed by atoms with E-state index in [0.29, 0.717) is 32.8 Å². The maximum Gasteiger partial charge on any atom is 0.225 e. The van der Waals surface area contributed by atoms with Crippen molar-refractivity contribution in [1.29, 1.82) is 0 Å². The molecule has 2 saturated heterocycles. The number of hydrogen-bond acceptors (Lipinski definition) is 5. The van der Waals surface area contributed by atoms with Gasteiger partial charge in [0.1, 0.15) is 5.75 Å². The number of amides is 2. The molecule has 7 heteroatoms. The number of rotatable bonds is 8. The van der Waals surface area contributed by atoms with Gasteiger partial charge in [-0.15, -0.1) is 0 Å². The highest BCUT2D eigenvalue weighted by atomic mass is 16.5. The molecule has 0 aliphatic carbocycles. The molecule has 2 aliphatic rings. The SMILES string of the molecule is COc1ccc([C@H](CNC(=O)[C@@H]2CC(=O)N(Cc3ccccc3)C2)N2CCOCC2)cc1. The highest BCUT2D eigenvalue weighted by Crippen LogP contribution is 2.25. The lowest BCUT2D eigenvalue weighted by molar-refractivity contribution is -0.129. The van der Waals surface area contributed by atoms with E-state index in [9.17, 15) is 9.59 Å². The van der Waals surface area contributed by atoms with Gasteiger partial charge in [0.15, 0.2) is 0 Å². The monoisotopic (exact) mass is 437 g/mol. The van der Waals surface area contributed by atoms with E-state index >= 15 is 0 Å². The molecule has 2 aromatic carbocycles. The highest BCUT2D eigenvalue weighted by Gasteiger charge is 2.34. The van der Waals surface area contributed by atoms with Gasteiger partial charge in [-0.05, 0) is 23.3 Å². The second-order valence-electron chi connectivity index (χ2n) is 8.34. The van der Waals surface area contributed by atoms with Gasteiger partial charge >= 0.3 is 0 Å². The number of benzene rings is 2. The van der Waals surface area contributed by atoms with Crippen molar-refractivity contribution in [2.24, 2.45) is 5.92 Å². The minimum Gasteiger partial charge on any atom is -0.497 e. The van der Waals surface area contributed by atoms with E-state index in [1.54, 1.807) is 12.0 Å². The first-order valence-electron chi connectivity index (χ1n) is 11.2. The van der Waals surface area contributed by atoms with E-state index in [-0.39, 0.29) is 30.2 Å². The maximum absolute atomic E-state index is 13.0. The van der Waals surface area contributed by atoms with Crippen molar-refractivity contribution in [2.75, 3.05) is 46.5 Å². The molecule has 2 fully saturated rings. The van der Waals surface area contributed by atoms with Crippen molar-refractivity contribution in [3.63, 3.8) is 0 Å². The fraction of sp³-hybridized carbons (Fsp3) is 0.440. The summed E-state index contributed by atoms with van der Waals surface area (Å²) in [6.45, 7) is 4.52. The molecule has 2 aliphatic heterocycles. The molecule has 2 atom stereocenters. The molecule has 2 aromatic rings. The zero-order valence-corrected chi connectivity index (χ0v) is 18.5. The van der Waals surface area contributed by atoms with Crippen LogP contribution < -0.4 is 10.1 Å². The van der Waals surface area contributed by atoms with Crippen LogP contribution in [0.3, 0.4) is 0 Å². The lowest BCUT2D eigenvalue weighted by atomic mass is 10.0. The van der Waals surface area contributed by atoms with Crippen molar-refractivity contribution >= 4 is 11.8 Å². The van der Waals surface area contributed by atoms with Crippen LogP contribution in [-0.2, 0) is 20.9 Å². The summed E-state index contributed by atoms with van der Waals surface area (Å²) in [5, 5.41) is 3.12. The zero-order valence-electron chi connectivity index (χ0n) is 18.5. The fourth-order valence-corrected chi connectivity index (χ4v) is 4.42. The number of morpholine rings is 1. The van der Waals surface area contributed by atoms with Gasteiger partial charge in [0.2, 0.25) is 11.8 Å². The Morgan fingerprint density at radius 2 is 1.84 bits per heavy atom. The van der Waals surface area contributed by atoms with Gasteiger partial charge in [0.25, 0.3) is 0 Å². The van der Waals surface area contributed by atoms with Crippen LogP contribution >= 0.6 is 0 Å². The average molecular weight is 438 g/mol. The van der Waals surface area contributed by atoms with E-state index in [1.165, 1.54) is 0 Å². The van der Waals surface area contributed by atoms with Crippen molar-refractivity contribution < 1.29 is 19.1 Å². The summed E-state index contributed by atoms with van der Waals surface area (Å²) >= 11 is 0. The van der Waals surface area contributed by atoms with Crippen LogP contribution in [0.2, 0.25) is 0 Å². The molecule has 0 unspecified atom stereocenters. The molecule has 1 N–H and O–H groups in total. The Labute approximate surface area is 189 Å². The Hall–Kier alpha value is -2.90. The summed E-state index contributed by atoms with van der Waals surface area (Å²) in [6.07, 6.45) is 0.267. The first-order valence-corrected chi connectivity index (χ1v) is 11.2. The molecule has 7 nitrogen and oxygen atoms in total. The third kappa shape index (κ3) is 5.47. The Morgan fingerprint density at radius 1 is 1.12 bits per heavy atom. The fourth-order valence-electron chi connectivity index (χ4n) is 4.42. The Balaban J connectivity index is 1.37. The lowest BCUT2D eigenvalue weighted by Gasteiger charge is -2.35. The maximum atomic E-state index is 13.0. The molecule has 0 aromatic heterocycles. The van der Waals surface area contributed by atoms with Crippen molar-refractivity contribution in [1.82, 2.24) is 15.1 Å². The molecule has 0 bridgehead atoms. The Kier molecular flexibility index (Phi) is 7.39. The topological polar surface area (TPSA) is 71.1 Å². The van der Waals surface area contributed by atoms with Gasteiger partial charge in [0, 0.05) is 39.1 Å². The standard InChI is InChI=1S/C25H31N3O4/c1-31-22-9-7-20(8-10-22)23(27-11-13-32-14-12-27)16-26-25(30)21-15-24(29)28(18-21)17-19-5-3-2-4-6-19/h2-10,21,23H,11-18H2,1H3,(H,26,30)/t21-,23+/m1/s1. The van der Waals surface area contributed by atoms with Gasteiger partial charge < -0.3 is 19.7 Å². The molecule has 4 rings (SSSR count). The van der Waals surface area contributed by atoms with Crippen molar-refractivity contribution in [3.8, 4) is 5.75 Å². The van der Waals surface area contributed by atoms with Gasteiger partial charge in [-0.1, -0.05) is 42.5 Å². The van der Waals surface area contributed by atoms with Crippen LogP contribution in [0.1, 0.15) is 23.6 Å². The smallest absolute Gasteiger partial charge is 0.225 e. The normalized spacial score (nSPS) is 20.2. The third-order valence-electron chi connectivity index (χ3n) is 6.26. The number of nitrogens with one attached hydrogen (secondary N) is 1. The van der Waals surface area contributed by atoms with Gasteiger partial charge in [-0.2, -0.15) is 0 Å². The van der Waals surface area contributed by atoms with Crippen LogP contribution in [0.15, 0.2) is 54.6 Å². The first-order chi connectivity index (χ1) is 15.6. The van der Waals surface area contributed by atoms with Crippen LogP contribution in [0.25, 0.3) is 0 Å². The molecule has 0 saturated carbocycles. The minimum absolute atomic E-state index is 0.0360. The summed E-state index contributed by atoms with van der Waals surface area (Å²) in [7, 11) is 1.65. The van der Waals surface area contributed by atoms with Crippen LogP contribution in [-0.4, -0.2) is 68.1 Å². The highest BCUT2D eigenvalue weighted by molar-refractivity contribution is 5.89. The first kappa shape index (κ1) is 22.3. The lowest BCUT2D eigenvalue weighted by Crippen LogP contribution is -2.45. The molecule has 0 spiro atoms. The number of carbonyl (C=O) groups excluding carboxylic acids is 2. The quantitative estimate of drug-likeness (QED) is 0.686. The second-order valence-corrected chi connectivity index (χ2v) is 8.34. The minimum atomic E-state index is -0.313. The van der Waals surface area contributed by atoms with Gasteiger partial charge in [-0.25, -0.2) is 0 Å². The predicted octanol–water partition coefficient (Wildman–Crippen LogP) is 2.23. The van der Waals surface area contributed by atoms with Crippen molar-refractivity contribution in [2.45, 2.75) is 19.0 Å². The van der Waals surface area contributed by atoms with E-state index in [2.05, 4.69) is 10.2 Å². The number of nitrogens with zero attached hydrogens (tertiary/aromatic N) is 2. The van der Waals surface area contributed by atoms with E-state index in [1.807, 2.05) is 54.6 Å². The summed E-state index contributed by atoms with van der Waals surface area (Å²) in [4.78, 5) is 29.5. The summed E-state index contributed by atoms with van der Waals surface area (Å²) in [5.41, 5.74) is 2.20. The molecule has 0 radical (unpaired) electrons. The third-order valence-corrected chi connectivity index (χ3v) is 6.26. The molecule has 2 amide bonds. The van der Waals surface area contributed by atoms with E-state index in [4.69, 9.17) is 9.47 Å². The number of carbonyl (C=O) groups is 2. The van der Waals surface area contributed by atoms with Gasteiger partial charge in [-0.3, -0.25) is 14.5 Å². The molecular formula is C25H31N3O4. The Bertz CT molecular complexity index is 897. The largest absolute Gasteiger partial charge is 0.497 e. The van der Waals surface area contributed by atoms with E-state index in [0.717, 1.165) is 30.0 Å². The summed E-state index contributed by atoms with van der Waals surface area (Å²) < 4.78 is 10.8. The Morgan fingerprint density at radius 3 is 2.53 bits per heavy atom. The van der Waals surface area contributed by atoms with E-state index < -0.39 is 0 Å². The average Bonchev–Trinajstić information content (AvgIpc) is 3.21. The van der Waals surface area contributed by atoms with Crippen LogP contribution in [0, 0.1) is 5.92 Å². The van der Waals surface area contributed by atoms with Crippen LogP contribution in [0.4, 0.5) is 0 Å². The molecular weight excluding hydrogens is 406 g/mol. The predicted molar refractivity (Wildman–Crippen MR) is 121 cm³/mol. The summed E-state index contributed by atoms with van der Waals surface area (Å²) in [5.74, 6) is 0.475. The molecule has 32 heavy (non-hydrogen) atoms. The number of ether oxygens (including phenoxy) is 2. The zero-order chi connectivity index (χ0) is 22.3. The molecule has 2 heterocycles. The van der Waals surface area contributed by atoms with Crippen LogP contribution in [0.5, 0.6) is 5.75 Å². The number of hydrogen-bond donors (Lipinski definition) is 1.